The van der Waals surface area contributed by atoms with Crippen LogP contribution in [0.15, 0.2) is 127 Å². The molecule has 0 aliphatic carbocycles. The Hall–Kier alpha value is -7.24. The minimum atomic E-state index is -0.157. The average Bonchev–Trinajstić information content (AvgIpc) is 3.19. The van der Waals surface area contributed by atoms with Crippen molar-refractivity contribution in [2.45, 2.75) is 26.2 Å². The number of hydrogen-bond acceptors (Lipinski definition) is 4. The van der Waals surface area contributed by atoms with E-state index >= 15 is 0 Å². The van der Waals surface area contributed by atoms with Crippen LogP contribution in [0.25, 0.3) is 76.8 Å². The van der Waals surface area contributed by atoms with Crippen molar-refractivity contribution in [3.05, 3.63) is 155 Å². The Morgan fingerprint density at radius 2 is 0.596 bits per heavy atom. The van der Waals surface area contributed by atoms with Crippen LogP contribution < -0.4 is 0 Å². The zero-order chi connectivity index (χ0) is 36.1. The fourth-order valence-electron chi connectivity index (χ4n) is 7.35. The molecule has 0 bridgehead atoms. The number of benzene rings is 8. The Balaban J connectivity index is 1.62. The van der Waals surface area contributed by atoms with Gasteiger partial charge in [-0.15, -0.1) is 0 Å². The lowest BCUT2D eigenvalue weighted by Crippen LogP contribution is -2.11. The summed E-state index contributed by atoms with van der Waals surface area (Å²) >= 11 is 0. The third kappa shape index (κ3) is 5.29. The van der Waals surface area contributed by atoms with Crippen LogP contribution in [-0.4, -0.2) is 0 Å². The van der Waals surface area contributed by atoms with Gasteiger partial charge in [-0.1, -0.05) is 69.3 Å². The topological polar surface area (TPSA) is 95.2 Å². The second-order valence-corrected chi connectivity index (χ2v) is 14.2. The lowest BCUT2D eigenvalue weighted by molar-refractivity contribution is 0.592. The maximum atomic E-state index is 9.62. The molecular weight excluding hydrogens is 633 g/mol. The minimum Gasteiger partial charge on any atom is -0.192 e. The van der Waals surface area contributed by atoms with Crippen LogP contribution in [0.5, 0.6) is 0 Å². The Morgan fingerprint density at radius 3 is 0.846 bits per heavy atom. The molecule has 0 saturated heterocycles. The van der Waals surface area contributed by atoms with Gasteiger partial charge in [0.2, 0.25) is 0 Å². The van der Waals surface area contributed by atoms with Crippen LogP contribution in [-0.2, 0) is 5.41 Å². The van der Waals surface area contributed by atoms with Gasteiger partial charge in [-0.3, -0.25) is 0 Å². The summed E-state index contributed by atoms with van der Waals surface area (Å²) < 4.78 is 0. The summed E-state index contributed by atoms with van der Waals surface area (Å²) in [6, 6.07) is 51.5. The molecule has 8 rings (SSSR count). The molecule has 0 aliphatic heterocycles. The van der Waals surface area contributed by atoms with Crippen LogP contribution in [0.1, 0.15) is 48.6 Å². The summed E-state index contributed by atoms with van der Waals surface area (Å²) in [5, 5.41) is 45.1. The number of rotatable bonds is 4. The van der Waals surface area contributed by atoms with E-state index in [0.717, 1.165) is 76.8 Å². The van der Waals surface area contributed by atoms with Gasteiger partial charge in [0, 0.05) is 0 Å². The maximum absolute atomic E-state index is 9.62. The second-order valence-electron chi connectivity index (χ2n) is 14.2. The molecule has 4 heteroatoms. The van der Waals surface area contributed by atoms with Crippen molar-refractivity contribution in [2.24, 2.45) is 0 Å². The quantitative estimate of drug-likeness (QED) is 0.175. The van der Waals surface area contributed by atoms with Crippen LogP contribution in [0.2, 0.25) is 0 Å². The summed E-state index contributed by atoms with van der Waals surface area (Å²) in [7, 11) is 0. The third-order valence-corrected chi connectivity index (χ3v) is 10.1. The van der Waals surface area contributed by atoms with E-state index in [0.29, 0.717) is 22.3 Å². The first kappa shape index (κ1) is 32.0. The monoisotopic (exact) mass is 662 g/mol. The standard InChI is InChI=1S/C48H30N4/c1-48(2,3)37-20-42-40(35-16-8-31(27-51)9-17-35)23-44-38(33-12-4-29(25-49)5-13-33)22-39(34-14-6-30(26-50)7-15-34)45-24-41(43(21-37)46(42)47(44)45)36-18-10-32(28-52)11-19-36/h4-24H,1-3H3. The van der Waals surface area contributed by atoms with Crippen molar-refractivity contribution in [1.29, 1.82) is 21.0 Å². The molecule has 0 saturated carbocycles. The molecule has 0 heterocycles. The van der Waals surface area contributed by atoms with E-state index < -0.39 is 0 Å². The summed E-state index contributed by atoms with van der Waals surface area (Å²) in [5.74, 6) is 0. The van der Waals surface area contributed by atoms with E-state index in [-0.39, 0.29) is 5.41 Å². The van der Waals surface area contributed by atoms with Crippen molar-refractivity contribution in [3.63, 3.8) is 0 Å². The normalized spacial score (nSPS) is 11.3. The predicted octanol–water partition coefficient (Wildman–Crippen LogP) is 12.0. The first-order valence-electron chi connectivity index (χ1n) is 17.1. The third-order valence-electron chi connectivity index (χ3n) is 10.1. The van der Waals surface area contributed by atoms with Crippen molar-refractivity contribution < 1.29 is 0 Å². The van der Waals surface area contributed by atoms with E-state index in [1.165, 1.54) is 5.56 Å². The SMILES string of the molecule is CC(C)(C)c1cc2c(-c3ccc(C#N)cc3)cc3c(-c4ccc(C#N)cc4)cc(-c4ccc(C#N)cc4)c4cc(-c5ccc(C#N)cc5)c(c1)c2c34. The second kappa shape index (κ2) is 12.3. The van der Waals surface area contributed by atoms with Crippen molar-refractivity contribution >= 4 is 32.3 Å². The molecule has 4 nitrogen and oxygen atoms in total. The molecular formula is C48H30N4. The molecule has 0 fully saturated rings. The molecule has 242 valence electrons. The Kier molecular flexibility index (Phi) is 7.55. The Bertz CT molecular complexity index is 2680. The first-order valence-corrected chi connectivity index (χ1v) is 17.1. The molecule has 0 radical (unpaired) electrons. The molecule has 0 spiro atoms. The van der Waals surface area contributed by atoms with Crippen LogP contribution >= 0.6 is 0 Å². The summed E-state index contributed by atoms with van der Waals surface area (Å²) in [4.78, 5) is 0. The van der Waals surface area contributed by atoms with Gasteiger partial charge in [0.05, 0.1) is 46.5 Å². The smallest absolute Gasteiger partial charge is 0.0991 e. The van der Waals surface area contributed by atoms with Crippen molar-refractivity contribution in [2.75, 3.05) is 0 Å². The van der Waals surface area contributed by atoms with Crippen LogP contribution in [0.4, 0.5) is 0 Å². The highest BCUT2D eigenvalue weighted by Gasteiger charge is 2.25. The van der Waals surface area contributed by atoms with Gasteiger partial charge in [-0.25, -0.2) is 0 Å². The molecule has 0 aromatic heterocycles. The highest BCUT2D eigenvalue weighted by atomic mass is 14.3. The van der Waals surface area contributed by atoms with E-state index in [4.69, 9.17) is 0 Å². The molecule has 0 amide bonds. The fraction of sp³-hybridized carbons (Fsp3) is 0.0833. The lowest BCUT2D eigenvalue weighted by atomic mass is 9.77. The summed E-state index contributed by atoms with van der Waals surface area (Å²) in [6.07, 6.45) is 0. The molecule has 0 unspecified atom stereocenters. The summed E-state index contributed by atoms with van der Waals surface area (Å²) in [5.41, 5.74) is 11.6. The largest absolute Gasteiger partial charge is 0.192 e. The predicted molar refractivity (Wildman–Crippen MR) is 209 cm³/mol. The van der Waals surface area contributed by atoms with Crippen LogP contribution in [0.3, 0.4) is 0 Å². The van der Waals surface area contributed by atoms with Gasteiger partial charge in [0.1, 0.15) is 0 Å². The summed E-state index contributed by atoms with van der Waals surface area (Å²) in [6.45, 7) is 6.69. The van der Waals surface area contributed by atoms with E-state index in [2.05, 4.69) is 75.4 Å². The number of nitrogens with zero attached hydrogens (tertiary/aromatic N) is 4. The molecule has 0 atom stereocenters. The number of hydrogen-bond donors (Lipinski definition) is 0. The Labute approximate surface area is 302 Å². The maximum Gasteiger partial charge on any atom is 0.0991 e. The molecule has 8 aromatic carbocycles. The van der Waals surface area contributed by atoms with Gasteiger partial charge in [0.25, 0.3) is 0 Å². The van der Waals surface area contributed by atoms with Crippen molar-refractivity contribution in [1.82, 2.24) is 0 Å². The van der Waals surface area contributed by atoms with E-state index in [1.54, 1.807) is 0 Å². The van der Waals surface area contributed by atoms with Gasteiger partial charge >= 0.3 is 0 Å². The molecule has 52 heavy (non-hydrogen) atoms. The van der Waals surface area contributed by atoms with Gasteiger partial charge in [0.15, 0.2) is 0 Å². The highest BCUT2D eigenvalue weighted by Crippen LogP contribution is 2.50. The zero-order valence-corrected chi connectivity index (χ0v) is 28.9. The molecule has 0 aliphatic rings. The fourth-order valence-corrected chi connectivity index (χ4v) is 7.35. The van der Waals surface area contributed by atoms with Gasteiger partial charge < -0.3 is 0 Å². The van der Waals surface area contributed by atoms with E-state index in [9.17, 15) is 21.0 Å². The van der Waals surface area contributed by atoms with Crippen LogP contribution in [0, 0.1) is 45.3 Å². The lowest BCUT2D eigenvalue weighted by Gasteiger charge is -2.26. The molecule has 8 aromatic rings. The Morgan fingerprint density at radius 1 is 0.346 bits per heavy atom. The first-order chi connectivity index (χ1) is 25.2. The van der Waals surface area contributed by atoms with E-state index in [1.807, 2.05) is 97.1 Å². The zero-order valence-electron chi connectivity index (χ0n) is 28.9. The van der Waals surface area contributed by atoms with Gasteiger partial charge in [-0.2, -0.15) is 21.0 Å². The highest BCUT2D eigenvalue weighted by molar-refractivity contribution is 6.33. The minimum absolute atomic E-state index is 0.157. The average molecular weight is 663 g/mol. The number of nitriles is 4. The molecule has 0 N–H and O–H groups in total. The van der Waals surface area contributed by atoms with Gasteiger partial charge in [-0.05, 0) is 167 Å². The van der Waals surface area contributed by atoms with Crippen molar-refractivity contribution in [3.8, 4) is 68.8 Å².